The largest absolute Gasteiger partial charge is 0.465 e. The molecule has 7 N–H and O–H groups in total. The van der Waals surface area contributed by atoms with Gasteiger partial charge in [-0.3, -0.25) is 9.59 Å². The number of nitrogens with zero attached hydrogens (tertiary/aromatic N) is 2. The molecular formula is C26H35N5O8S. The number of oxime groups is 1. The number of hydrogen-bond acceptors (Lipinski definition) is 8. The van der Waals surface area contributed by atoms with Gasteiger partial charge in [0.25, 0.3) is 0 Å². The van der Waals surface area contributed by atoms with Crippen molar-refractivity contribution in [2.75, 3.05) is 13.1 Å². The Morgan fingerprint density at radius 2 is 1.65 bits per heavy atom. The molecule has 0 spiro atoms. The zero-order valence-corrected chi connectivity index (χ0v) is 23.0. The molecule has 3 amide bonds. The Balaban J connectivity index is 2.38. The van der Waals surface area contributed by atoms with Gasteiger partial charge in [-0.05, 0) is 35.6 Å². The summed E-state index contributed by atoms with van der Waals surface area (Å²) < 4.78 is 28.2. The summed E-state index contributed by atoms with van der Waals surface area (Å²) in [6, 6.07) is 11.8. The number of carbonyl (C=O) groups excluding carboxylic acids is 2. The third-order valence-corrected chi connectivity index (χ3v) is 7.64. The second-order valence-electron chi connectivity index (χ2n) is 9.57. The molecule has 13 nitrogen and oxygen atoms in total. The van der Waals surface area contributed by atoms with Crippen LogP contribution in [0.25, 0.3) is 0 Å². The number of sulfonamides is 1. The van der Waals surface area contributed by atoms with E-state index in [9.17, 15) is 27.9 Å². The normalized spacial score (nSPS) is 14.1. The number of benzene rings is 2. The van der Waals surface area contributed by atoms with Crippen LogP contribution in [0.1, 0.15) is 31.4 Å². The van der Waals surface area contributed by atoms with E-state index in [0.717, 1.165) is 10.5 Å². The van der Waals surface area contributed by atoms with Gasteiger partial charge in [-0.1, -0.05) is 61.5 Å². The summed E-state index contributed by atoms with van der Waals surface area (Å²) in [6.45, 7) is 3.27. The summed E-state index contributed by atoms with van der Waals surface area (Å²) in [7, 11) is -4.10. The second-order valence-corrected chi connectivity index (χ2v) is 11.5. The summed E-state index contributed by atoms with van der Waals surface area (Å²) in [4.78, 5) is 35.5. The van der Waals surface area contributed by atoms with Crippen molar-refractivity contribution < 1.29 is 38.2 Å². The third kappa shape index (κ3) is 9.94. The highest BCUT2D eigenvalue weighted by Crippen LogP contribution is 2.20. The minimum absolute atomic E-state index is 0.0498. The lowest BCUT2D eigenvalue weighted by Crippen LogP contribution is -2.56. The van der Waals surface area contributed by atoms with Crippen LogP contribution >= 0.6 is 0 Å². The number of amides is 3. The first-order valence-electron chi connectivity index (χ1n) is 12.4. The van der Waals surface area contributed by atoms with E-state index in [0.29, 0.717) is 11.1 Å². The van der Waals surface area contributed by atoms with Crippen LogP contribution in [0.5, 0.6) is 0 Å². The fourth-order valence-electron chi connectivity index (χ4n) is 3.95. The quantitative estimate of drug-likeness (QED) is 0.101. The number of carboxylic acid groups (broad SMARTS) is 1. The van der Waals surface area contributed by atoms with Gasteiger partial charge in [-0.15, -0.1) is 0 Å². The molecule has 2 rings (SSSR count). The van der Waals surface area contributed by atoms with Crippen molar-refractivity contribution in [3.05, 3.63) is 65.7 Å². The standard InChI is InChI=1S/C26H35N5O8S/c1-17(2)15-31(40(38,39)20-10-8-19(9-11-20)14-28-37)16-23(32)21(12-18-6-4-3-5-7-18)29-25(34)22(13-24(27)33)30-26(35)36/h3-11,14,17,21-23,30,32,37H,12-13,15-16H2,1-2H3,(H2,27,33)(H,29,34)(H,35,36)/t21-,22-,23-/m0/s1. The van der Waals surface area contributed by atoms with Gasteiger partial charge in [-0.25, -0.2) is 13.2 Å². The molecule has 0 bridgehead atoms. The van der Waals surface area contributed by atoms with Crippen LogP contribution in [0.3, 0.4) is 0 Å². The molecule has 0 saturated carbocycles. The third-order valence-electron chi connectivity index (χ3n) is 5.79. The van der Waals surface area contributed by atoms with Gasteiger partial charge in [0.05, 0.1) is 29.7 Å². The zero-order chi connectivity index (χ0) is 29.9. The van der Waals surface area contributed by atoms with E-state index in [1.807, 2.05) is 19.2 Å². The van der Waals surface area contributed by atoms with Crippen molar-refractivity contribution in [2.45, 2.75) is 49.8 Å². The Morgan fingerprint density at radius 1 is 1.02 bits per heavy atom. The highest BCUT2D eigenvalue weighted by Gasteiger charge is 2.33. The molecular weight excluding hydrogens is 542 g/mol. The highest BCUT2D eigenvalue weighted by atomic mass is 32.2. The van der Waals surface area contributed by atoms with E-state index < -0.39 is 59.1 Å². The molecule has 0 heterocycles. The smallest absolute Gasteiger partial charge is 0.405 e. The average Bonchev–Trinajstić information content (AvgIpc) is 2.87. The lowest BCUT2D eigenvalue weighted by molar-refractivity contribution is -0.128. The molecule has 218 valence electrons. The summed E-state index contributed by atoms with van der Waals surface area (Å²) in [5.74, 6) is -1.94. The summed E-state index contributed by atoms with van der Waals surface area (Å²) in [6.07, 6.45) is -2.37. The highest BCUT2D eigenvalue weighted by molar-refractivity contribution is 7.89. The van der Waals surface area contributed by atoms with Crippen molar-refractivity contribution in [2.24, 2.45) is 16.8 Å². The maximum absolute atomic E-state index is 13.5. The van der Waals surface area contributed by atoms with E-state index in [1.165, 1.54) is 24.3 Å². The number of hydrogen-bond donors (Lipinski definition) is 6. The molecule has 0 fully saturated rings. The zero-order valence-electron chi connectivity index (χ0n) is 22.2. The molecule has 40 heavy (non-hydrogen) atoms. The van der Waals surface area contributed by atoms with E-state index in [1.54, 1.807) is 30.3 Å². The minimum atomic E-state index is -4.10. The van der Waals surface area contributed by atoms with Gasteiger partial charge in [0.15, 0.2) is 0 Å². The molecule has 2 aromatic carbocycles. The Labute approximate surface area is 232 Å². The first-order valence-corrected chi connectivity index (χ1v) is 13.8. The average molecular weight is 578 g/mol. The molecule has 0 aliphatic rings. The van der Waals surface area contributed by atoms with Gasteiger partial charge >= 0.3 is 6.09 Å². The fraction of sp³-hybridized carbons (Fsp3) is 0.385. The first kappa shape index (κ1) is 32.2. The van der Waals surface area contributed by atoms with Crippen LogP contribution in [0.15, 0.2) is 64.6 Å². The Hall–Kier alpha value is -4.01. The van der Waals surface area contributed by atoms with Crippen molar-refractivity contribution in [3.8, 4) is 0 Å². The number of nitrogens with one attached hydrogen (secondary N) is 2. The second kappa shape index (κ2) is 15.0. The van der Waals surface area contributed by atoms with Gasteiger partial charge in [0.2, 0.25) is 21.8 Å². The Kier molecular flexibility index (Phi) is 12.0. The molecule has 0 unspecified atom stereocenters. The monoisotopic (exact) mass is 577 g/mol. The lowest BCUT2D eigenvalue weighted by Gasteiger charge is -2.31. The van der Waals surface area contributed by atoms with E-state index >= 15 is 0 Å². The molecule has 0 saturated heterocycles. The number of aliphatic hydroxyl groups is 1. The molecule has 2 aromatic rings. The molecule has 14 heteroatoms. The van der Waals surface area contributed by atoms with Crippen molar-refractivity contribution in [1.82, 2.24) is 14.9 Å². The van der Waals surface area contributed by atoms with Gasteiger partial charge in [-0.2, -0.15) is 4.31 Å². The maximum Gasteiger partial charge on any atom is 0.405 e. The first-order chi connectivity index (χ1) is 18.8. The lowest BCUT2D eigenvalue weighted by atomic mass is 10.00. The predicted octanol–water partition coefficient (Wildman–Crippen LogP) is 0.741. The molecule has 3 atom stereocenters. The van der Waals surface area contributed by atoms with Crippen LogP contribution in [-0.4, -0.2) is 83.5 Å². The SMILES string of the molecule is CC(C)CN(C[C@H](O)[C@H](Cc1ccccc1)NC(=O)[C@H](CC(N)=O)NC(=O)O)S(=O)(=O)c1ccc(C=NO)cc1. The summed E-state index contributed by atoms with van der Waals surface area (Å²) in [5.41, 5.74) is 6.36. The van der Waals surface area contributed by atoms with Gasteiger partial charge < -0.3 is 31.8 Å². The van der Waals surface area contributed by atoms with Crippen LogP contribution in [0.4, 0.5) is 4.79 Å². The number of primary amides is 1. The minimum Gasteiger partial charge on any atom is -0.465 e. The molecule has 0 aliphatic heterocycles. The van der Waals surface area contributed by atoms with Crippen LogP contribution < -0.4 is 16.4 Å². The maximum atomic E-state index is 13.5. The molecule has 0 aromatic heterocycles. The van der Waals surface area contributed by atoms with Crippen molar-refractivity contribution in [3.63, 3.8) is 0 Å². The fourth-order valence-corrected chi connectivity index (χ4v) is 5.57. The van der Waals surface area contributed by atoms with Crippen LogP contribution in [-0.2, 0) is 26.0 Å². The van der Waals surface area contributed by atoms with Crippen molar-refractivity contribution in [1.29, 1.82) is 0 Å². The predicted molar refractivity (Wildman–Crippen MR) is 146 cm³/mol. The van der Waals surface area contributed by atoms with Crippen molar-refractivity contribution >= 4 is 34.1 Å². The summed E-state index contributed by atoms with van der Waals surface area (Å²) >= 11 is 0. The van der Waals surface area contributed by atoms with Gasteiger partial charge in [0, 0.05) is 13.1 Å². The summed E-state index contributed by atoms with van der Waals surface area (Å²) in [5, 5.41) is 36.5. The number of carbonyl (C=O) groups is 3. The van der Waals surface area contributed by atoms with Crippen LogP contribution in [0.2, 0.25) is 0 Å². The number of nitrogens with two attached hydrogens (primary N) is 1. The number of rotatable bonds is 15. The Morgan fingerprint density at radius 3 is 2.17 bits per heavy atom. The van der Waals surface area contributed by atoms with E-state index in [4.69, 9.17) is 16.0 Å². The van der Waals surface area contributed by atoms with Crippen LogP contribution in [0, 0.1) is 5.92 Å². The van der Waals surface area contributed by atoms with Gasteiger partial charge in [0.1, 0.15) is 6.04 Å². The van der Waals surface area contributed by atoms with E-state index in [-0.39, 0.29) is 23.8 Å². The molecule has 0 radical (unpaired) electrons. The Bertz CT molecular complexity index is 1250. The van der Waals surface area contributed by atoms with E-state index in [2.05, 4.69) is 10.5 Å². The number of aliphatic hydroxyl groups excluding tert-OH is 1. The molecule has 0 aliphatic carbocycles. The topological polar surface area (TPSA) is 212 Å².